The van der Waals surface area contributed by atoms with E-state index in [-0.39, 0.29) is 11.4 Å². The van der Waals surface area contributed by atoms with Crippen LogP contribution in [0.2, 0.25) is 0 Å². The van der Waals surface area contributed by atoms with E-state index in [0.717, 1.165) is 6.42 Å². The second-order valence-corrected chi connectivity index (χ2v) is 7.80. The summed E-state index contributed by atoms with van der Waals surface area (Å²) in [4.78, 5) is 0.191. The van der Waals surface area contributed by atoms with Crippen LogP contribution < -0.4 is 4.74 Å². The van der Waals surface area contributed by atoms with E-state index in [1.807, 2.05) is 0 Å². The summed E-state index contributed by atoms with van der Waals surface area (Å²) in [5.41, 5.74) is 0.466. The third-order valence-corrected chi connectivity index (χ3v) is 6.29. The highest BCUT2D eigenvalue weighted by Gasteiger charge is 2.52. The molecule has 8 heteroatoms. The van der Waals surface area contributed by atoms with Crippen molar-refractivity contribution in [3.05, 3.63) is 23.8 Å². The van der Waals surface area contributed by atoms with Crippen LogP contribution >= 0.6 is 11.6 Å². The quantitative estimate of drug-likeness (QED) is 0.592. The van der Waals surface area contributed by atoms with Gasteiger partial charge >= 0.3 is 0 Å². The number of alkyl halides is 1. The van der Waals surface area contributed by atoms with Crippen molar-refractivity contribution in [1.29, 1.82) is 0 Å². The summed E-state index contributed by atoms with van der Waals surface area (Å²) in [5, 5.41) is 0. The normalized spacial score (nSPS) is 22.2. The molecule has 2 aliphatic heterocycles. The Balaban J connectivity index is 2.08. The van der Waals surface area contributed by atoms with Gasteiger partial charge in [0, 0.05) is 12.4 Å². The molecule has 23 heavy (non-hydrogen) atoms. The molecule has 1 aromatic rings. The lowest BCUT2D eigenvalue weighted by Crippen LogP contribution is -2.50. The fourth-order valence-electron chi connectivity index (χ4n) is 3.08. The van der Waals surface area contributed by atoms with Crippen LogP contribution in [0.4, 0.5) is 0 Å². The second-order valence-electron chi connectivity index (χ2n) is 5.52. The van der Waals surface area contributed by atoms with Crippen LogP contribution in [0, 0.1) is 0 Å². The van der Waals surface area contributed by atoms with Crippen molar-refractivity contribution in [2.75, 3.05) is 39.3 Å². The maximum Gasteiger partial charge on any atom is 0.243 e. The molecule has 0 N–H and O–H groups in total. The van der Waals surface area contributed by atoms with Gasteiger partial charge in [-0.3, -0.25) is 0 Å². The molecule has 2 aliphatic rings. The number of ether oxygens (including phenoxy) is 3. The zero-order valence-electron chi connectivity index (χ0n) is 13.0. The van der Waals surface area contributed by atoms with E-state index >= 15 is 0 Å². The minimum absolute atomic E-state index is 0.130. The van der Waals surface area contributed by atoms with E-state index in [0.29, 0.717) is 43.4 Å². The van der Waals surface area contributed by atoms with Gasteiger partial charge in [-0.1, -0.05) is 6.07 Å². The van der Waals surface area contributed by atoms with Gasteiger partial charge in [0.1, 0.15) is 5.75 Å². The number of rotatable bonds is 5. The van der Waals surface area contributed by atoms with Gasteiger partial charge in [0.25, 0.3) is 0 Å². The Hall–Kier alpha value is -0.860. The molecule has 0 atom stereocenters. The van der Waals surface area contributed by atoms with Crippen molar-refractivity contribution in [2.24, 2.45) is 0 Å². The Morgan fingerprint density at radius 2 is 2.04 bits per heavy atom. The highest BCUT2D eigenvalue weighted by atomic mass is 35.5. The maximum atomic E-state index is 12.9. The third kappa shape index (κ3) is 2.85. The first-order valence-corrected chi connectivity index (χ1v) is 9.54. The molecule has 0 aromatic heterocycles. The van der Waals surface area contributed by atoms with Crippen LogP contribution in [0.15, 0.2) is 23.1 Å². The Morgan fingerprint density at radius 3 is 2.70 bits per heavy atom. The lowest BCUT2D eigenvalue weighted by molar-refractivity contribution is -0.177. The summed E-state index contributed by atoms with van der Waals surface area (Å²) in [6, 6.07) is 4.97. The number of hydrogen-bond acceptors (Lipinski definition) is 5. The van der Waals surface area contributed by atoms with Crippen LogP contribution in [-0.4, -0.2) is 52.0 Å². The molecule has 0 radical (unpaired) electrons. The van der Waals surface area contributed by atoms with E-state index < -0.39 is 15.8 Å². The number of unbranched alkanes of at least 4 members (excludes halogenated alkanes) is 1. The van der Waals surface area contributed by atoms with Crippen molar-refractivity contribution in [3.8, 4) is 5.75 Å². The molecule has 0 aliphatic carbocycles. The fraction of sp³-hybridized carbons (Fsp3) is 0.600. The molecule has 0 bridgehead atoms. The first-order valence-electron chi connectivity index (χ1n) is 7.57. The summed E-state index contributed by atoms with van der Waals surface area (Å²) >= 11 is 5.70. The van der Waals surface area contributed by atoms with Gasteiger partial charge in [0.2, 0.25) is 15.8 Å². The van der Waals surface area contributed by atoms with Gasteiger partial charge < -0.3 is 14.2 Å². The molecular weight excluding hydrogens is 342 g/mol. The van der Waals surface area contributed by atoms with Crippen molar-refractivity contribution in [3.63, 3.8) is 0 Å². The summed E-state index contributed by atoms with van der Waals surface area (Å²) in [7, 11) is -2.10. The number of methoxy groups -OCH3 is 1. The average molecular weight is 362 g/mol. The van der Waals surface area contributed by atoms with E-state index in [4.69, 9.17) is 25.8 Å². The van der Waals surface area contributed by atoms with E-state index in [1.165, 1.54) is 11.4 Å². The van der Waals surface area contributed by atoms with E-state index in [1.54, 1.807) is 18.2 Å². The second kappa shape index (κ2) is 6.57. The topological polar surface area (TPSA) is 65.1 Å². The minimum Gasteiger partial charge on any atom is -0.496 e. The molecule has 0 unspecified atom stereocenters. The molecule has 1 fully saturated rings. The van der Waals surface area contributed by atoms with Crippen molar-refractivity contribution in [1.82, 2.24) is 4.31 Å². The summed E-state index contributed by atoms with van der Waals surface area (Å²) in [6.45, 7) is 1.37. The number of hydrogen-bond donors (Lipinski definition) is 0. The van der Waals surface area contributed by atoms with Gasteiger partial charge in [-0.2, -0.15) is 4.31 Å². The van der Waals surface area contributed by atoms with Gasteiger partial charge in [0.15, 0.2) is 0 Å². The number of nitrogens with zero attached hydrogens (tertiary/aromatic N) is 1. The lowest BCUT2D eigenvalue weighted by atomic mass is 10.0. The van der Waals surface area contributed by atoms with Gasteiger partial charge in [0.05, 0.1) is 37.3 Å². The van der Waals surface area contributed by atoms with Crippen LogP contribution in [0.3, 0.4) is 0 Å². The van der Waals surface area contributed by atoms with Gasteiger partial charge in [-0.25, -0.2) is 8.42 Å². The Morgan fingerprint density at radius 1 is 1.30 bits per heavy atom. The first-order chi connectivity index (χ1) is 11.0. The predicted molar refractivity (Wildman–Crippen MR) is 85.3 cm³/mol. The zero-order chi connectivity index (χ0) is 16.5. The van der Waals surface area contributed by atoms with Crippen LogP contribution in [0.5, 0.6) is 5.75 Å². The molecular formula is C15H20ClNO5S. The van der Waals surface area contributed by atoms with Crippen molar-refractivity contribution >= 4 is 21.6 Å². The molecule has 128 valence electrons. The highest BCUT2D eigenvalue weighted by molar-refractivity contribution is 7.89. The highest BCUT2D eigenvalue weighted by Crippen LogP contribution is 2.46. The molecule has 0 amide bonds. The standard InChI is InChI=1S/C15H20ClNO5S/c1-20-12-5-4-6-13-14(12)15(21-9-10-22-15)11-17(23(13,18)19)8-3-2-7-16/h4-6H,2-3,7-11H2,1H3. The van der Waals surface area contributed by atoms with Crippen LogP contribution in [0.25, 0.3) is 0 Å². The Kier molecular flexibility index (Phi) is 4.85. The number of fused-ring (bicyclic) bond motifs is 2. The lowest BCUT2D eigenvalue weighted by Gasteiger charge is -2.39. The Labute approximate surface area is 141 Å². The maximum absolute atomic E-state index is 12.9. The largest absolute Gasteiger partial charge is 0.496 e. The monoisotopic (exact) mass is 361 g/mol. The van der Waals surface area contributed by atoms with E-state index in [2.05, 4.69) is 0 Å². The van der Waals surface area contributed by atoms with Crippen LogP contribution in [0.1, 0.15) is 18.4 Å². The molecule has 3 rings (SSSR count). The van der Waals surface area contributed by atoms with E-state index in [9.17, 15) is 8.42 Å². The van der Waals surface area contributed by atoms with Gasteiger partial charge in [-0.15, -0.1) is 11.6 Å². The minimum atomic E-state index is -3.61. The molecule has 1 spiro atoms. The smallest absolute Gasteiger partial charge is 0.243 e. The third-order valence-electron chi connectivity index (χ3n) is 4.14. The average Bonchev–Trinajstić information content (AvgIpc) is 3.01. The number of benzene rings is 1. The Bertz CT molecular complexity index is 672. The summed E-state index contributed by atoms with van der Waals surface area (Å²) < 4.78 is 44.3. The molecule has 2 heterocycles. The molecule has 6 nitrogen and oxygen atoms in total. The van der Waals surface area contributed by atoms with Gasteiger partial charge in [-0.05, 0) is 25.0 Å². The zero-order valence-corrected chi connectivity index (χ0v) is 14.5. The fourth-order valence-corrected chi connectivity index (χ4v) is 5.02. The SMILES string of the molecule is COc1cccc2c1C1(CN(CCCCCl)S2(=O)=O)OCCO1. The molecule has 0 saturated carbocycles. The molecule has 1 aromatic carbocycles. The summed E-state index contributed by atoms with van der Waals surface area (Å²) in [5.74, 6) is -0.113. The van der Waals surface area contributed by atoms with Crippen molar-refractivity contribution in [2.45, 2.75) is 23.5 Å². The summed E-state index contributed by atoms with van der Waals surface area (Å²) in [6.07, 6.45) is 1.45. The molecule has 1 saturated heterocycles. The van der Waals surface area contributed by atoms with Crippen molar-refractivity contribution < 1.29 is 22.6 Å². The predicted octanol–water partition coefficient (Wildman–Crippen LogP) is 1.92. The first kappa shape index (κ1) is 17.0. The van der Waals surface area contributed by atoms with Crippen LogP contribution in [-0.2, 0) is 25.3 Å². The number of halogens is 1. The number of sulfonamides is 1.